The molecule has 2 aromatic rings. The molecule has 0 atom stereocenters. The van der Waals surface area contributed by atoms with Crippen molar-refractivity contribution in [1.82, 2.24) is 9.88 Å². The van der Waals surface area contributed by atoms with Crippen LogP contribution in [0.5, 0.6) is 0 Å². The molecule has 4 nitrogen and oxygen atoms in total. The van der Waals surface area contributed by atoms with Crippen molar-refractivity contribution >= 4 is 5.97 Å². The summed E-state index contributed by atoms with van der Waals surface area (Å²) >= 11 is 0. The molecular formula is C20H24N2O2. The molecule has 0 bridgehead atoms. The molecule has 4 heteroatoms. The smallest absolute Gasteiger partial charge is 0.309 e. The standard InChI is InChI=1S/C20H24N2O2/c23-19(24)20(10-9-17-6-2-1-3-7-17)11-14-22(15-12-20)16-18-8-4-5-13-21-18/h1-8,13H,9-12,14-16H2,(H,23,24). The van der Waals surface area contributed by atoms with E-state index in [0.717, 1.165) is 31.7 Å². The largest absolute Gasteiger partial charge is 0.481 e. The topological polar surface area (TPSA) is 53.4 Å². The molecule has 126 valence electrons. The van der Waals surface area contributed by atoms with Gasteiger partial charge in [-0.25, -0.2) is 0 Å². The molecule has 3 rings (SSSR count). The molecule has 24 heavy (non-hydrogen) atoms. The lowest BCUT2D eigenvalue weighted by atomic mass is 9.74. The number of carbonyl (C=O) groups is 1. The van der Waals surface area contributed by atoms with Crippen LogP contribution in [0.3, 0.4) is 0 Å². The lowest BCUT2D eigenvalue weighted by Crippen LogP contribution is -2.44. The fourth-order valence-electron chi connectivity index (χ4n) is 3.46. The highest BCUT2D eigenvalue weighted by molar-refractivity contribution is 5.74. The fraction of sp³-hybridized carbons (Fsp3) is 0.400. The van der Waals surface area contributed by atoms with Crippen LogP contribution in [0.1, 0.15) is 30.5 Å². The van der Waals surface area contributed by atoms with Gasteiger partial charge in [0.2, 0.25) is 0 Å². The van der Waals surface area contributed by atoms with E-state index >= 15 is 0 Å². The Morgan fingerprint density at radius 1 is 1.08 bits per heavy atom. The summed E-state index contributed by atoms with van der Waals surface area (Å²) in [6.07, 6.45) is 4.77. The van der Waals surface area contributed by atoms with Crippen molar-refractivity contribution in [1.29, 1.82) is 0 Å². The van der Waals surface area contributed by atoms with Crippen LogP contribution < -0.4 is 0 Å². The second-order valence-corrected chi connectivity index (χ2v) is 6.67. The summed E-state index contributed by atoms with van der Waals surface area (Å²) in [5, 5.41) is 9.81. The molecular weight excluding hydrogens is 300 g/mol. The van der Waals surface area contributed by atoms with Crippen LogP contribution in [-0.4, -0.2) is 34.0 Å². The van der Waals surface area contributed by atoms with Crippen molar-refractivity contribution in [2.45, 2.75) is 32.2 Å². The van der Waals surface area contributed by atoms with Gasteiger partial charge in [-0.2, -0.15) is 0 Å². The van der Waals surface area contributed by atoms with E-state index in [9.17, 15) is 9.90 Å². The van der Waals surface area contributed by atoms with E-state index in [4.69, 9.17) is 0 Å². The zero-order chi connectivity index (χ0) is 16.8. The van der Waals surface area contributed by atoms with Crippen LogP contribution in [-0.2, 0) is 17.8 Å². The molecule has 1 fully saturated rings. The number of hydrogen-bond acceptors (Lipinski definition) is 3. The second kappa shape index (κ2) is 7.58. The first-order chi connectivity index (χ1) is 11.7. The number of pyridine rings is 1. The third kappa shape index (κ3) is 4.01. The fourth-order valence-corrected chi connectivity index (χ4v) is 3.46. The maximum atomic E-state index is 11.9. The Morgan fingerprint density at radius 3 is 2.42 bits per heavy atom. The van der Waals surface area contributed by atoms with Crippen LogP contribution in [0.4, 0.5) is 0 Å². The van der Waals surface area contributed by atoms with Gasteiger partial charge in [0.05, 0.1) is 11.1 Å². The summed E-state index contributed by atoms with van der Waals surface area (Å²) in [4.78, 5) is 18.6. The predicted molar refractivity (Wildman–Crippen MR) is 93.6 cm³/mol. The minimum Gasteiger partial charge on any atom is -0.481 e. The number of carboxylic acid groups (broad SMARTS) is 1. The average Bonchev–Trinajstić information content (AvgIpc) is 2.63. The maximum absolute atomic E-state index is 11.9. The molecule has 1 saturated heterocycles. The number of hydrogen-bond donors (Lipinski definition) is 1. The van der Waals surface area contributed by atoms with Crippen LogP contribution in [0.25, 0.3) is 0 Å². The van der Waals surface area contributed by atoms with Crippen molar-refractivity contribution in [3.05, 3.63) is 66.0 Å². The maximum Gasteiger partial charge on any atom is 0.309 e. The van der Waals surface area contributed by atoms with E-state index in [0.29, 0.717) is 19.3 Å². The van der Waals surface area contributed by atoms with E-state index < -0.39 is 11.4 Å². The molecule has 1 aromatic heterocycles. The lowest BCUT2D eigenvalue weighted by Gasteiger charge is -2.39. The quantitative estimate of drug-likeness (QED) is 0.885. The SMILES string of the molecule is O=C(O)C1(CCc2ccccc2)CCN(Cc2ccccn2)CC1. The number of aromatic nitrogens is 1. The van der Waals surface area contributed by atoms with Gasteiger partial charge in [0.15, 0.2) is 0 Å². The zero-order valence-electron chi connectivity index (χ0n) is 13.9. The molecule has 0 radical (unpaired) electrons. The average molecular weight is 324 g/mol. The number of rotatable bonds is 6. The molecule has 0 aliphatic carbocycles. The summed E-state index contributed by atoms with van der Waals surface area (Å²) in [6.45, 7) is 2.44. The van der Waals surface area contributed by atoms with Crippen LogP contribution in [0.15, 0.2) is 54.7 Å². The van der Waals surface area contributed by atoms with Gasteiger partial charge in [0.1, 0.15) is 0 Å². The van der Waals surface area contributed by atoms with Gasteiger partial charge in [-0.1, -0.05) is 36.4 Å². The Labute approximate surface area is 143 Å². The van der Waals surface area contributed by atoms with Crippen molar-refractivity contribution < 1.29 is 9.90 Å². The lowest BCUT2D eigenvalue weighted by molar-refractivity contribution is -0.152. The zero-order valence-corrected chi connectivity index (χ0v) is 13.9. The predicted octanol–water partition coefficient (Wildman–Crippen LogP) is 3.38. The van der Waals surface area contributed by atoms with Gasteiger partial charge in [-0.3, -0.25) is 14.7 Å². The van der Waals surface area contributed by atoms with Crippen LogP contribution >= 0.6 is 0 Å². The first kappa shape index (κ1) is 16.7. The van der Waals surface area contributed by atoms with Gasteiger partial charge < -0.3 is 5.11 Å². The third-order valence-corrected chi connectivity index (χ3v) is 5.11. The molecule has 1 N–H and O–H groups in total. The number of carboxylic acids is 1. The molecule has 1 aliphatic heterocycles. The number of benzene rings is 1. The van der Waals surface area contributed by atoms with Crippen molar-refractivity contribution in [3.8, 4) is 0 Å². The van der Waals surface area contributed by atoms with E-state index in [1.807, 2.05) is 36.4 Å². The van der Waals surface area contributed by atoms with E-state index in [2.05, 4.69) is 22.0 Å². The number of likely N-dealkylation sites (tertiary alicyclic amines) is 1. The van der Waals surface area contributed by atoms with E-state index in [1.54, 1.807) is 6.20 Å². The van der Waals surface area contributed by atoms with Gasteiger partial charge in [-0.05, 0) is 56.5 Å². The minimum atomic E-state index is -0.643. The monoisotopic (exact) mass is 324 g/mol. The highest BCUT2D eigenvalue weighted by Gasteiger charge is 2.40. The van der Waals surface area contributed by atoms with Crippen molar-refractivity contribution in [2.24, 2.45) is 5.41 Å². The molecule has 0 saturated carbocycles. The Kier molecular flexibility index (Phi) is 5.26. The molecule has 2 heterocycles. The number of aliphatic carboxylic acids is 1. The van der Waals surface area contributed by atoms with Gasteiger partial charge in [0, 0.05) is 12.7 Å². The number of piperidine rings is 1. The summed E-state index contributed by atoms with van der Waals surface area (Å²) in [5.74, 6) is -0.643. The molecule has 1 aliphatic rings. The van der Waals surface area contributed by atoms with Crippen molar-refractivity contribution in [3.63, 3.8) is 0 Å². The Morgan fingerprint density at radius 2 is 1.79 bits per heavy atom. The molecule has 0 spiro atoms. The summed E-state index contributed by atoms with van der Waals surface area (Å²) < 4.78 is 0. The number of aryl methyl sites for hydroxylation is 1. The molecule has 0 unspecified atom stereocenters. The highest BCUT2D eigenvalue weighted by Crippen LogP contribution is 2.37. The summed E-state index contributed by atoms with van der Waals surface area (Å²) in [5.41, 5.74) is 1.68. The Bertz CT molecular complexity index is 650. The second-order valence-electron chi connectivity index (χ2n) is 6.67. The van der Waals surface area contributed by atoms with Crippen LogP contribution in [0, 0.1) is 5.41 Å². The van der Waals surface area contributed by atoms with Gasteiger partial charge in [-0.15, -0.1) is 0 Å². The van der Waals surface area contributed by atoms with Gasteiger partial charge >= 0.3 is 5.97 Å². The van der Waals surface area contributed by atoms with Crippen LogP contribution in [0.2, 0.25) is 0 Å². The number of nitrogens with zero attached hydrogens (tertiary/aromatic N) is 2. The third-order valence-electron chi connectivity index (χ3n) is 5.11. The normalized spacial score (nSPS) is 17.5. The first-order valence-corrected chi connectivity index (χ1v) is 8.58. The van der Waals surface area contributed by atoms with E-state index in [1.165, 1.54) is 5.56 Å². The van der Waals surface area contributed by atoms with E-state index in [-0.39, 0.29) is 0 Å². The van der Waals surface area contributed by atoms with Gasteiger partial charge in [0.25, 0.3) is 0 Å². The molecule has 1 aromatic carbocycles. The minimum absolute atomic E-state index is 0.587. The summed E-state index contributed by atoms with van der Waals surface area (Å²) in [6, 6.07) is 16.1. The Hall–Kier alpha value is -2.20. The van der Waals surface area contributed by atoms with Crippen molar-refractivity contribution in [2.75, 3.05) is 13.1 Å². The first-order valence-electron chi connectivity index (χ1n) is 8.58. The summed E-state index contributed by atoms with van der Waals surface area (Å²) in [7, 11) is 0. The Balaban J connectivity index is 1.58. The molecule has 0 amide bonds. The highest BCUT2D eigenvalue weighted by atomic mass is 16.4.